The number of nitrogens with zero attached hydrogens (tertiary/aromatic N) is 2. The number of fused-ring (bicyclic) bond motifs is 1. The van der Waals surface area contributed by atoms with Crippen LogP contribution in [-0.4, -0.2) is 23.9 Å². The van der Waals surface area contributed by atoms with Gasteiger partial charge in [0.05, 0.1) is 12.0 Å². The molecule has 0 saturated carbocycles. The first-order valence-corrected chi connectivity index (χ1v) is 6.01. The lowest BCUT2D eigenvalue weighted by Gasteiger charge is -2.33. The van der Waals surface area contributed by atoms with Crippen LogP contribution < -0.4 is 0 Å². The van der Waals surface area contributed by atoms with Crippen LogP contribution in [0.2, 0.25) is 0 Å². The van der Waals surface area contributed by atoms with E-state index in [1.54, 1.807) is 4.90 Å². The minimum absolute atomic E-state index is 0.0221. The van der Waals surface area contributed by atoms with Gasteiger partial charge in [0.25, 0.3) is 0 Å². The van der Waals surface area contributed by atoms with Crippen molar-refractivity contribution in [3.8, 4) is 6.07 Å². The van der Waals surface area contributed by atoms with Gasteiger partial charge >= 0.3 is 0 Å². The quantitative estimate of drug-likeness (QED) is 0.741. The zero-order valence-electron chi connectivity index (χ0n) is 10.0. The van der Waals surface area contributed by atoms with Crippen molar-refractivity contribution in [2.75, 3.05) is 13.1 Å². The summed E-state index contributed by atoms with van der Waals surface area (Å²) in [6.45, 7) is 2.89. The molecule has 1 aliphatic rings. The summed E-state index contributed by atoms with van der Waals surface area (Å²) in [5, 5.41) is 8.74. The van der Waals surface area contributed by atoms with E-state index in [0.717, 1.165) is 18.4 Å². The molecule has 0 heterocycles. The Morgan fingerprint density at radius 1 is 1.53 bits per heavy atom. The third-order valence-electron chi connectivity index (χ3n) is 3.22. The molecule has 1 atom stereocenters. The molecule has 0 saturated heterocycles. The van der Waals surface area contributed by atoms with Crippen molar-refractivity contribution in [2.45, 2.75) is 25.7 Å². The average Bonchev–Trinajstić information content (AvgIpc) is 2.30. The lowest BCUT2D eigenvalue weighted by atomic mass is 9.77. The largest absolute Gasteiger partial charge is 0.329 e. The number of nitriles is 1. The van der Waals surface area contributed by atoms with E-state index in [0.29, 0.717) is 6.54 Å². The van der Waals surface area contributed by atoms with Gasteiger partial charge < -0.3 is 4.90 Å². The molecule has 0 bridgehead atoms. The Hall–Kier alpha value is -1.82. The van der Waals surface area contributed by atoms with Crippen LogP contribution >= 0.6 is 0 Å². The number of hydrogen-bond acceptors (Lipinski definition) is 2. The Morgan fingerprint density at radius 3 is 2.94 bits per heavy atom. The van der Waals surface area contributed by atoms with Crippen molar-refractivity contribution in [3.63, 3.8) is 0 Å². The smallest absolute Gasteiger partial charge is 0.231 e. The van der Waals surface area contributed by atoms with Crippen LogP contribution in [0.3, 0.4) is 0 Å². The van der Waals surface area contributed by atoms with Crippen molar-refractivity contribution in [2.24, 2.45) is 0 Å². The van der Waals surface area contributed by atoms with Crippen LogP contribution in [0.4, 0.5) is 0 Å². The monoisotopic (exact) mass is 228 g/mol. The number of benzene rings is 1. The SMILES string of the molecule is CCCN(CC#N)C(=O)C1Cc2ccccc21. The molecule has 3 nitrogen and oxygen atoms in total. The number of hydrogen-bond donors (Lipinski definition) is 0. The van der Waals surface area contributed by atoms with Crippen molar-refractivity contribution in [1.29, 1.82) is 5.26 Å². The first-order valence-electron chi connectivity index (χ1n) is 6.01. The summed E-state index contributed by atoms with van der Waals surface area (Å²) in [5.41, 5.74) is 2.40. The van der Waals surface area contributed by atoms with Crippen LogP contribution in [0, 0.1) is 11.3 Å². The zero-order chi connectivity index (χ0) is 12.3. The summed E-state index contributed by atoms with van der Waals surface area (Å²) in [5.74, 6) is 0.0817. The summed E-state index contributed by atoms with van der Waals surface area (Å²) in [4.78, 5) is 13.9. The average molecular weight is 228 g/mol. The zero-order valence-corrected chi connectivity index (χ0v) is 10.0. The number of carbonyl (C=O) groups excluding carboxylic acids is 1. The molecule has 17 heavy (non-hydrogen) atoms. The lowest BCUT2D eigenvalue weighted by molar-refractivity contribution is -0.132. The molecule has 3 heteroatoms. The van der Waals surface area contributed by atoms with Gasteiger partial charge in [-0.15, -0.1) is 0 Å². The van der Waals surface area contributed by atoms with Gasteiger partial charge in [0.1, 0.15) is 6.54 Å². The molecule has 2 rings (SSSR count). The molecule has 0 aromatic heterocycles. The van der Waals surface area contributed by atoms with Crippen LogP contribution in [-0.2, 0) is 11.2 Å². The van der Waals surface area contributed by atoms with Gasteiger partial charge in [-0.2, -0.15) is 5.26 Å². The molecule has 0 spiro atoms. The van der Waals surface area contributed by atoms with E-state index in [9.17, 15) is 4.79 Å². The Kier molecular flexibility index (Phi) is 3.43. The summed E-state index contributed by atoms with van der Waals surface area (Å²) in [6, 6.07) is 10.1. The van der Waals surface area contributed by atoms with Gasteiger partial charge in [0, 0.05) is 6.54 Å². The van der Waals surface area contributed by atoms with E-state index in [1.807, 2.05) is 25.1 Å². The van der Waals surface area contributed by atoms with Gasteiger partial charge in [-0.25, -0.2) is 0 Å². The summed E-state index contributed by atoms with van der Waals surface area (Å²) in [7, 11) is 0. The van der Waals surface area contributed by atoms with Crippen LogP contribution in [0.5, 0.6) is 0 Å². The van der Waals surface area contributed by atoms with Crippen molar-refractivity contribution in [1.82, 2.24) is 4.90 Å². The van der Waals surface area contributed by atoms with E-state index >= 15 is 0 Å². The molecule has 1 amide bonds. The molecular weight excluding hydrogens is 212 g/mol. The molecule has 1 aromatic rings. The van der Waals surface area contributed by atoms with E-state index in [4.69, 9.17) is 5.26 Å². The minimum Gasteiger partial charge on any atom is -0.329 e. The number of amides is 1. The summed E-state index contributed by atoms with van der Waals surface area (Å²) >= 11 is 0. The second-order valence-corrected chi connectivity index (χ2v) is 4.37. The fraction of sp³-hybridized carbons (Fsp3) is 0.429. The van der Waals surface area contributed by atoms with Crippen molar-refractivity contribution < 1.29 is 4.79 Å². The second-order valence-electron chi connectivity index (χ2n) is 4.37. The predicted molar refractivity (Wildman–Crippen MR) is 65.4 cm³/mol. The van der Waals surface area contributed by atoms with E-state index < -0.39 is 0 Å². The maximum atomic E-state index is 12.2. The van der Waals surface area contributed by atoms with E-state index in [2.05, 4.69) is 12.1 Å². The highest BCUT2D eigenvalue weighted by Crippen LogP contribution is 2.36. The number of rotatable bonds is 4. The topological polar surface area (TPSA) is 44.1 Å². The molecule has 1 unspecified atom stereocenters. The lowest BCUT2D eigenvalue weighted by Crippen LogP contribution is -2.40. The normalized spacial score (nSPS) is 16.6. The fourth-order valence-electron chi connectivity index (χ4n) is 2.32. The van der Waals surface area contributed by atoms with E-state index in [1.165, 1.54) is 5.56 Å². The van der Waals surface area contributed by atoms with Gasteiger partial charge in [0.15, 0.2) is 0 Å². The van der Waals surface area contributed by atoms with E-state index in [-0.39, 0.29) is 18.4 Å². The molecule has 0 aliphatic heterocycles. The molecule has 1 aliphatic carbocycles. The summed E-state index contributed by atoms with van der Waals surface area (Å²) < 4.78 is 0. The fourth-order valence-corrected chi connectivity index (χ4v) is 2.32. The highest BCUT2D eigenvalue weighted by atomic mass is 16.2. The molecule has 0 radical (unpaired) electrons. The predicted octanol–water partition coefficient (Wildman–Crippen LogP) is 2.09. The minimum atomic E-state index is -0.0221. The maximum Gasteiger partial charge on any atom is 0.231 e. The Morgan fingerprint density at radius 2 is 2.29 bits per heavy atom. The van der Waals surface area contributed by atoms with Gasteiger partial charge in [-0.3, -0.25) is 4.79 Å². The first-order chi connectivity index (χ1) is 8.27. The van der Waals surface area contributed by atoms with Gasteiger partial charge in [-0.05, 0) is 24.0 Å². The molecule has 0 N–H and O–H groups in total. The Labute approximate surface area is 102 Å². The number of carbonyl (C=O) groups is 1. The third kappa shape index (κ3) is 2.16. The van der Waals surface area contributed by atoms with Crippen molar-refractivity contribution >= 4 is 5.91 Å². The van der Waals surface area contributed by atoms with Crippen LogP contribution in [0.1, 0.15) is 30.4 Å². The molecular formula is C14H16N2O. The van der Waals surface area contributed by atoms with Crippen LogP contribution in [0.15, 0.2) is 24.3 Å². The Balaban J connectivity index is 2.09. The third-order valence-corrected chi connectivity index (χ3v) is 3.22. The van der Waals surface area contributed by atoms with Crippen LogP contribution in [0.25, 0.3) is 0 Å². The first kappa shape index (κ1) is 11.7. The van der Waals surface area contributed by atoms with Gasteiger partial charge in [0.2, 0.25) is 5.91 Å². The highest BCUT2D eigenvalue weighted by molar-refractivity contribution is 5.87. The highest BCUT2D eigenvalue weighted by Gasteiger charge is 2.34. The molecule has 88 valence electrons. The summed E-state index contributed by atoms with van der Waals surface area (Å²) in [6.07, 6.45) is 1.71. The van der Waals surface area contributed by atoms with Gasteiger partial charge in [-0.1, -0.05) is 31.2 Å². The standard InChI is InChI=1S/C14H16N2O/c1-2-8-16(9-7-15)14(17)13-10-11-5-3-4-6-12(11)13/h3-6,13H,2,8-10H2,1H3. The molecule has 0 fully saturated rings. The van der Waals surface area contributed by atoms with Crippen molar-refractivity contribution in [3.05, 3.63) is 35.4 Å². The Bertz CT molecular complexity index is 462. The maximum absolute atomic E-state index is 12.2. The second kappa shape index (κ2) is 5.01. The molecule has 1 aromatic carbocycles.